The van der Waals surface area contributed by atoms with Gasteiger partial charge in [-0.3, -0.25) is 0 Å². The standard InChI is InChI=1S/C12H15N3O4S2/c1-3-9(11-13-4-5-20-11)14-21(18,19)8-6-10(12(16)17)15(2)7-8/h4-7,9,14H,3H2,1-2H3,(H,16,17). The molecule has 0 aromatic carbocycles. The van der Waals surface area contributed by atoms with Gasteiger partial charge >= 0.3 is 5.97 Å². The summed E-state index contributed by atoms with van der Waals surface area (Å²) in [7, 11) is -2.31. The minimum atomic E-state index is -3.80. The fourth-order valence-corrected chi connectivity index (χ4v) is 4.06. The maximum atomic E-state index is 12.3. The second kappa shape index (κ2) is 5.96. The number of rotatable bonds is 6. The lowest BCUT2D eigenvalue weighted by atomic mass is 10.3. The first-order chi connectivity index (χ1) is 9.85. The molecule has 114 valence electrons. The van der Waals surface area contributed by atoms with Crippen LogP contribution in [0, 0.1) is 0 Å². The minimum absolute atomic E-state index is 0.0718. The molecule has 0 aliphatic carbocycles. The summed E-state index contributed by atoms with van der Waals surface area (Å²) in [4.78, 5) is 15.0. The maximum absolute atomic E-state index is 12.3. The quantitative estimate of drug-likeness (QED) is 0.838. The molecule has 9 heteroatoms. The summed E-state index contributed by atoms with van der Waals surface area (Å²) in [5.74, 6) is -1.18. The summed E-state index contributed by atoms with van der Waals surface area (Å²) < 4.78 is 28.5. The number of carbonyl (C=O) groups is 1. The molecule has 2 N–H and O–H groups in total. The van der Waals surface area contributed by atoms with Crippen LogP contribution in [0.4, 0.5) is 0 Å². The zero-order valence-electron chi connectivity index (χ0n) is 11.5. The van der Waals surface area contributed by atoms with E-state index in [4.69, 9.17) is 5.11 Å². The average Bonchev–Trinajstić information content (AvgIpc) is 3.05. The van der Waals surface area contributed by atoms with Gasteiger partial charge in [-0.25, -0.2) is 22.9 Å². The van der Waals surface area contributed by atoms with Crippen molar-refractivity contribution in [3.8, 4) is 0 Å². The molecule has 0 saturated carbocycles. The highest BCUT2D eigenvalue weighted by molar-refractivity contribution is 7.89. The summed E-state index contributed by atoms with van der Waals surface area (Å²) in [5, 5.41) is 11.4. The van der Waals surface area contributed by atoms with Gasteiger partial charge in [-0.2, -0.15) is 0 Å². The average molecular weight is 329 g/mol. The van der Waals surface area contributed by atoms with E-state index in [2.05, 4.69) is 9.71 Å². The molecule has 1 atom stereocenters. The number of hydrogen-bond acceptors (Lipinski definition) is 5. The first kappa shape index (κ1) is 15.7. The summed E-state index contributed by atoms with van der Waals surface area (Å²) in [5.41, 5.74) is -0.0855. The van der Waals surface area contributed by atoms with Crippen molar-refractivity contribution in [1.82, 2.24) is 14.3 Å². The Bertz CT molecular complexity index is 735. The Kier molecular flexibility index (Phi) is 4.45. The van der Waals surface area contributed by atoms with E-state index in [1.165, 1.54) is 29.1 Å². The second-order valence-corrected chi connectivity index (χ2v) is 7.07. The summed E-state index contributed by atoms with van der Waals surface area (Å²) >= 11 is 1.37. The minimum Gasteiger partial charge on any atom is -0.477 e. The van der Waals surface area contributed by atoms with Crippen molar-refractivity contribution < 1.29 is 18.3 Å². The largest absolute Gasteiger partial charge is 0.477 e. The van der Waals surface area contributed by atoms with Crippen LogP contribution in [0.3, 0.4) is 0 Å². The van der Waals surface area contributed by atoms with Crippen molar-refractivity contribution in [3.63, 3.8) is 0 Å². The van der Waals surface area contributed by atoms with Crippen molar-refractivity contribution in [2.24, 2.45) is 7.05 Å². The number of aromatic nitrogens is 2. The van der Waals surface area contributed by atoms with E-state index < -0.39 is 22.0 Å². The summed E-state index contributed by atoms with van der Waals surface area (Å²) in [6.45, 7) is 1.85. The normalized spacial score (nSPS) is 13.2. The van der Waals surface area contributed by atoms with E-state index in [9.17, 15) is 13.2 Å². The summed E-state index contributed by atoms with van der Waals surface area (Å²) in [6.07, 6.45) is 3.44. The molecule has 2 aromatic rings. The maximum Gasteiger partial charge on any atom is 0.352 e. The highest BCUT2D eigenvalue weighted by atomic mass is 32.2. The van der Waals surface area contributed by atoms with Crippen molar-refractivity contribution in [3.05, 3.63) is 34.5 Å². The number of carboxylic acids is 1. The zero-order valence-corrected chi connectivity index (χ0v) is 13.1. The predicted molar refractivity (Wildman–Crippen MR) is 77.8 cm³/mol. The molecular formula is C12H15N3O4S2. The Labute approximate surface area is 126 Å². The molecular weight excluding hydrogens is 314 g/mol. The van der Waals surface area contributed by atoms with Gasteiger partial charge in [0.1, 0.15) is 15.6 Å². The Hall–Kier alpha value is -1.71. The topological polar surface area (TPSA) is 101 Å². The number of nitrogens with one attached hydrogen (secondary N) is 1. The van der Waals surface area contributed by atoms with Crippen LogP contribution in [0.2, 0.25) is 0 Å². The highest BCUT2D eigenvalue weighted by Gasteiger charge is 2.24. The number of carboxylic acid groups (broad SMARTS) is 1. The molecule has 2 rings (SSSR count). The Morgan fingerprint density at radius 2 is 2.29 bits per heavy atom. The Morgan fingerprint density at radius 1 is 1.57 bits per heavy atom. The zero-order chi connectivity index (χ0) is 15.6. The van der Waals surface area contributed by atoms with Crippen LogP contribution in [0.1, 0.15) is 34.9 Å². The van der Waals surface area contributed by atoms with Crippen LogP contribution < -0.4 is 4.72 Å². The van der Waals surface area contributed by atoms with Crippen LogP contribution >= 0.6 is 11.3 Å². The second-order valence-electron chi connectivity index (χ2n) is 4.43. The van der Waals surface area contributed by atoms with Gasteiger partial charge in [0, 0.05) is 24.8 Å². The molecule has 0 bridgehead atoms. The fourth-order valence-electron chi connectivity index (χ4n) is 1.86. The van der Waals surface area contributed by atoms with Crippen LogP contribution in [-0.2, 0) is 17.1 Å². The highest BCUT2D eigenvalue weighted by Crippen LogP contribution is 2.22. The number of thiazole rings is 1. The third-order valence-corrected chi connectivity index (χ3v) is 5.29. The van der Waals surface area contributed by atoms with Crippen molar-refractivity contribution in [2.45, 2.75) is 24.3 Å². The molecule has 0 spiro atoms. The van der Waals surface area contributed by atoms with Crippen LogP contribution in [0.25, 0.3) is 0 Å². The van der Waals surface area contributed by atoms with Crippen molar-refractivity contribution >= 4 is 27.3 Å². The van der Waals surface area contributed by atoms with Crippen molar-refractivity contribution in [1.29, 1.82) is 0 Å². The molecule has 0 saturated heterocycles. The number of nitrogens with zero attached hydrogens (tertiary/aromatic N) is 2. The van der Waals surface area contributed by atoms with Crippen LogP contribution in [-0.4, -0.2) is 29.0 Å². The molecule has 2 aromatic heterocycles. The van der Waals surface area contributed by atoms with Gasteiger partial charge in [-0.15, -0.1) is 11.3 Å². The van der Waals surface area contributed by atoms with Crippen molar-refractivity contribution in [2.75, 3.05) is 0 Å². The van der Waals surface area contributed by atoms with Gasteiger partial charge in [0.15, 0.2) is 0 Å². The van der Waals surface area contributed by atoms with E-state index in [1.54, 1.807) is 11.6 Å². The molecule has 0 fully saturated rings. The van der Waals surface area contributed by atoms with Gasteiger partial charge in [-0.05, 0) is 12.5 Å². The Balaban J connectivity index is 2.30. The van der Waals surface area contributed by atoms with E-state index in [0.717, 1.165) is 6.07 Å². The molecule has 0 amide bonds. The molecule has 2 heterocycles. The van der Waals surface area contributed by atoms with E-state index in [-0.39, 0.29) is 10.6 Å². The SMILES string of the molecule is CCC(NS(=O)(=O)c1cc(C(=O)O)n(C)c1)c1nccs1. The molecule has 0 radical (unpaired) electrons. The van der Waals surface area contributed by atoms with E-state index in [0.29, 0.717) is 11.4 Å². The van der Waals surface area contributed by atoms with Gasteiger partial charge < -0.3 is 9.67 Å². The lowest BCUT2D eigenvalue weighted by Crippen LogP contribution is -2.28. The third kappa shape index (κ3) is 3.31. The number of sulfonamides is 1. The lowest BCUT2D eigenvalue weighted by Gasteiger charge is -2.13. The molecule has 21 heavy (non-hydrogen) atoms. The van der Waals surface area contributed by atoms with Gasteiger partial charge in [0.2, 0.25) is 10.0 Å². The number of aryl methyl sites for hydroxylation is 1. The first-order valence-corrected chi connectivity index (χ1v) is 8.52. The fraction of sp³-hybridized carbons (Fsp3) is 0.333. The monoisotopic (exact) mass is 329 g/mol. The lowest BCUT2D eigenvalue weighted by molar-refractivity contribution is 0.0686. The first-order valence-electron chi connectivity index (χ1n) is 6.16. The Morgan fingerprint density at radius 3 is 2.76 bits per heavy atom. The smallest absolute Gasteiger partial charge is 0.352 e. The molecule has 0 aliphatic heterocycles. The number of aromatic carboxylic acids is 1. The van der Waals surface area contributed by atoms with Gasteiger partial charge in [-0.1, -0.05) is 6.92 Å². The van der Waals surface area contributed by atoms with E-state index in [1.807, 2.05) is 6.92 Å². The summed E-state index contributed by atoms with van der Waals surface area (Å²) in [6, 6.07) is 0.711. The number of hydrogen-bond donors (Lipinski definition) is 2. The van der Waals surface area contributed by atoms with Gasteiger partial charge in [0.05, 0.1) is 6.04 Å². The molecule has 1 unspecified atom stereocenters. The van der Waals surface area contributed by atoms with Crippen LogP contribution in [0.15, 0.2) is 28.7 Å². The van der Waals surface area contributed by atoms with Gasteiger partial charge in [0.25, 0.3) is 0 Å². The predicted octanol–water partition coefficient (Wildman–Crippen LogP) is 1.61. The van der Waals surface area contributed by atoms with E-state index >= 15 is 0 Å². The molecule has 0 aliphatic rings. The van der Waals surface area contributed by atoms with Crippen LogP contribution in [0.5, 0.6) is 0 Å². The molecule has 7 nitrogen and oxygen atoms in total. The third-order valence-electron chi connectivity index (χ3n) is 2.96.